The van der Waals surface area contributed by atoms with E-state index in [2.05, 4.69) is 36.4 Å². The molecule has 2 N–H and O–H groups in total. The maximum Gasteiger partial charge on any atom is 0.155 e. The normalized spacial score (nSPS) is 71.2. The van der Waals surface area contributed by atoms with E-state index >= 15 is 0 Å². The quantitative estimate of drug-likeness (QED) is 0.381. The largest absolute Gasteiger partial charge is 0.393 e. The van der Waals surface area contributed by atoms with Crippen molar-refractivity contribution in [1.82, 2.24) is 0 Å². The highest BCUT2D eigenvalue weighted by Crippen LogP contribution is 2.84. The molecule has 1 saturated heterocycles. The summed E-state index contributed by atoms with van der Waals surface area (Å²) in [5.74, 6) is 5.85. The first-order valence-electron chi connectivity index (χ1n) is 12.0. The second-order valence-corrected chi connectivity index (χ2v) is 14.3. The number of rotatable bonds is 0. The Balaban J connectivity index is 1.31. The molecular formula is C24H35IO3. The highest BCUT2D eigenvalue weighted by molar-refractivity contribution is 14.1. The lowest BCUT2D eigenvalue weighted by atomic mass is 9.43. The summed E-state index contributed by atoms with van der Waals surface area (Å²) in [5.41, 5.74) is 0.661. The molecule has 13 atom stereocenters. The van der Waals surface area contributed by atoms with E-state index in [-0.39, 0.29) is 17.1 Å². The first kappa shape index (κ1) is 18.2. The summed E-state index contributed by atoms with van der Waals surface area (Å²) in [6, 6.07) is 0. The fraction of sp³-hybridized carbons (Fsp3) is 1.00. The Kier molecular flexibility index (Phi) is 3.35. The highest BCUT2D eigenvalue weighted by atomic mass is 127. The Morgan fingerprint density at radius 1 is 0.857 bits per heavy atom. The zero-order valence-corrected chi connectivity index (χ0v) is 19.4. The number of fused-ring (bicyclic) bond motifs is 12. The lowest BCUT2D eigenvalue weighted by Gasteiger charge is -2.65. The summed E-state index contributed by atoms with van der Waals surface area (Å²) in [7, 11) is 0. The summed E-state index contributed by atoms with van der Waals surface area (Å²) in [4.78, 5) is 0. The van der Waals surface area contributed by atoms with E-state index in [1.165, 1.54) is 32.1 Å². The summed E-state index contributed by atoms with van der Waals surface area (Å²) >= 11 is 2.83. The smallest absolute Gasteiger partial charge is 0.155 e. The SMILES string of the molecule is C[C@]12CCC3C(C1[C@@H]1C[C@@H]1[C@@]21CCC(O)O1)[C@H]1C[C@H]1[C@]1(I)C[C@@H](O)CC[C@]31C. The molecule has 4 heteroatoms. The van der Waals surface area contributed by atoms with Crippen molar-refractivity contribution in [2.24, 2.45) is 52.3 Å². The molecule has 1 spiro atoms. The first-order chi connectivity index (χ1) is 13.3. The van der Waals surface area contributed by atoms with Gasteiger partial charge in [-0.2, -0.15) is 0 Å². The summed E-state index contributed by atoms with van der Waals surface area (Å²) in [6.45, 7) is 5.18. The monoisotopic (exact) mass is 498 g/mol. The van der Waals surface area contributed by atoms with Gasteiger partial charge in [0.25, 0.3) is 0 Å². The molecule has 6 saturated carbocycles. The molecule has 4 unspecified atom stereocenters. The van der Waals surface area contributed by atoms with E-state index in [4.69, 9.17) is 4.74 Å². The van der Waals surface area contributed by atoms with Gasteiger partial charge >= 0.3 is 0 Å². The molecule has 7 rings (SSSR count). The third kappa shape index (κ3) is 1.79. The molecule has 6 aliphatic carbocycles. The van der Waals surface area contributed by atoms with Crippen molar-refractivity contribution >= 4 is 22.6 Å². The zero-order valence-electron chi connectivity index (χ0n) is 17.2. The molecule has 1 heterocycles. The van der Waals surface area contributed by atoms with Crippen LogP contribution in [0.2, 0.25) is 0 Å². The van der Waals surface area contributed by atoms with Crippen LogP contribution in [0.25, 0.3) is 0 Å². The molecule has 0 aromatic rings. The van der Waals surface area contributed by atoms with Crippen LogP contribution in [0.5, 0.6) is 0 Å². The number of hydrogen-bond acceptors (Lipinski definition) is 3. The van der Waals surface area contributed by atoms with E-state index in [0.29, 0.717) is 8.84 Å². The van der Waals surface area contributed by atoms with Crippen LogP contribution in [0.4, 0.5) is 0 Å². The van der Waals surface area contributed by atoms with E-state index in [1.807, 2.05) is 0 Å². The third-order valence-electron chi connectivity index (χ3n) is 11.8. The zero-order chi connectivity index (χ0) is 19.3. The van der Waals surface area contributed by atoms with E-state index in [0.717, 1.165) is 67.1 Å². The minimum Gasteiger partial charge on any atom is -0.393 e. The second-order valence-electron chi connectivity index (χ2n) is 12.4. The van der Waals surface area contributed by atoms with Crippen molar-refractivity contribution in [2.45, 2.75) is 93.1 Å². The third-order valence-corrected chi connectivity index (χ3v) is 14.3. The number of ether oxygens (including phenoxy) is 1. The van der Waals surface area contributed by atoms with E-state index in [9.17, 15) is 10.2 Å². The van der Waals surface area contributed by atoms with Crippen LogP contribution in [-0.2, 0) is 4.74 Å². The molecule has 0 bridgehead atoms. The van der Waals surface area contributed by atoms with Crippen molar-refractivity contribution in [2.75, 3.05) is 0 Å². The van der Waals surface area contributed by atoms with Gasteiger partial charge in [-0.15, -0.1) is 0 Å². The van der Waals surface area contributed by atoms with Crippen LogP contribution < -0.4 is 0 Å². The van der Waals surface area contributed by atoms with Gasteiger partial charge in [0.2, 0.25) is 0 Å². The van der Waals surface area contributed by atoms with Crippen LogP contribution in [-0.4, -0.2) is 31.6 Å². The highest BCUT2D eigenvalue weighted by Gasteiger charge is 2.82. The topological polar surface area (TPSA) is 49.7 Å². The molecular weight excluding hydrogens is 463 g/mol. The maximum absolute atomic E-state index is 10.5. The number of aliphatic hydroxyl groups is 2. The fourth-order valence-electron chi connectivity index (χ4n) is 10.6. The Bertz CT molecular complexity index is 743. The average Bonchev–Trinajstić information content (AvgIpc) is 3.54. The Hall–Kier alpha value is 0.610. The minimum atomic E-state index is -0.520. The minimum absolute atomic E-state index is 0.0143. The molecule has 0 amide bonds. The van der Waals surface area contributed by atoms with Gasteiger partial charge in [-0.25, -0.2) is 0 Å². The molecule has 3 nitrogen and oxygen atoms in total. The van der Waals surface area contributed by atoms with E-state index < -0.39 is 6.29 Å². The van der Waals surface area contributed by atoms with Gasteiger partial charge in [0, 0.05) is 15.3 Å². The predicted octanol–water partition coefficient (Wildman–Crippen LogP) is 4.53. The lowest BCUT2D eigenvalue weighted by molar-refractivity contribution is -0.215. The molecule has 0 aromatic carbocycles. The first-order valence-corrected chi connectivity index (χ1v) is 13.1. The van der Waals surface area contributed by atoms with Gasteiger partial charge in [0.1, 0.15) is 0 Å². The number of hydrogen-bond donors (Lipinski definition) is 2. The summed E-state index contributed by atoms with van der Waals surface area (Å²) < 4.78 is 6.77. The molecule has 28 heavy (non-hydrogen) atoms. The maximum atomic E-state index is 10.5. The van der Waals surface area contributed by atoms with Crippen molar-refractivity contribution < 1.29 is 14.9 Å². The molecule has 0 radical (unpaired) electrons. The van der Waals surface area contributed by atoms with Crippen molar-refractivity contribution in [3.05, 3.63) is 0 Å². The summed E-state index contributed by atoms with van der Waals surface area (Å²) in [6.07, 6.45) is 10.0. The van der Waals surface area contributed by atoms with Crippen LogP contribution in [0.1, 0.15) is 71.6 Å². The Morgan fingerprint density at radius 3 is 2.36 bits per heavy atom. The van der Waals surface area contributed by atoms with Crippen LogP contribution >= 0.6 is 22.6 Å². The van der Waals surface area contributed by atoms with Gasteiger partial charge in [-0.3, -0.25) is 0 Å². The summed E-state index contributed by atoms with van der Waals surface area (Å²) in [5, 5.41) is 20.8. The standard InChI is InChI=1S/C24H35IO3/c1-21-6-3-12(26)11-23(21,25)16-9-13(16)19-15(21)4-7-22(2)20(19)14-10-17(14)24(22)8-5-18(27)28-24/h12-20,26-27H,3-11H2,1-2H3/t12-,13-,14+,15?,16+,17-,18?,19?,20?,21+,22-,23+,24-/m0/s1. The van der Waals surface area contributed by atoms with Crippen molar-refractivity contribution in [3.8, 4) is 0 Å². The Labute approximate surface area is 182 Å². The molecule has 7 aliphatic rings. The van der Waals surface area contributed by atoms with Crippen LogP contribution in [0.15, 0.2) is 0 Å². The molecule has 1 aliphatic heterocycles. The van der Waals surface area contributed by atoms with Crippen molar-refractivity contribution in [3.63, 3.8) is 0 Å². The van der Waals surface area contributed by atoms with Gasteiger partial charge < -0.3 is 14.9 Å². The Morgan fingerprint density at radius 2 is 1.61 bits per heavy atom. The molecule has 0 aromatic heterocycles. The van der Waals surface area contributed by atoms with Gasteiger partial charge in [-0.05, 0) is 98.2 Å². The number of alkyl halides is 1. The van der Waals surface area contributed by atoms with E-state index in [1.54, 1.807) is 0 Å². The average molecular weight is 498 g/mol. The molecule has 156 valence electrons. The number of halogens is 1. The number of aliphatic hydroxyl groups excluding tert-OH is 2. The lowest BCUT2D eigenvalue weighted by Crippen LogP contribution is -2.63. The fourth-order valence-corrected chi connectivity index (χ4v) is 12.5. The predicted molar refractivity (Wildman–Crippen MR) is 115 cm³/mol. The van der Waals surface area contributed by atoms with Crippen molar-refractivity contribution in [1.29, 1.82) is 0 Å². The second kappa shape index (κ2) is 5.15. The van der Waals surface area contributed by atoms with Crippen LogP contribution in [0, 0.1) is 52.3 Å². The molecule has 7 fully saturated rings. The van der Waals surface area contributed by atoms with Gasteiger partial charge in [0.05, 0.1) is 11.7 Å². The van der Waals surface area contributed by atoms with Gasteiger partial charge in [0.15, 0.2) is 6.29 Å². The van der Waals surface area contributed by atoms with Gasteiger partial charge in [-0.1, -0.05) is 36.4 Å². The van der Waals surface area contributed by atoms with Crippen LogP contribution in [0.3, 0.4) is 0 Å².